The van der Waals surface area contributed by atoms with E-state index in [9.17, 15) is 8.78 Å². The van der Waals surface area contributed by atoms with Crippen molar-refractivity contribution in [2.45, 2.75) is 46.0 Å². The van der Waals surface area contributed by atoms with E-state index < -0.39 is 11.6 Å². The maximum Gasteiger partial charge on any atom is 0.126 e. The van der Waals surface area contributed by atoms with Gasteiger partial charge in [0, 0.05) is 6.07 Å². The van der Waals surface area contributed by atoms with Crippen molar-refractivity contribution in [3.8, 4) is 0 Å². The van der Waals surface area contributed by atoms with Gasteiger partial charge in [-0.2, -0.15) is 0 Å². The van der Waals surface area contributed by atoms with E-state index in [4.69, 9.17) is 0 Å². The second-order valence-electron chi connectivity index (χ2n) is 6.10. The molecule has 0 saturated heterocycles. The van der Waals surface area contributed by atoms with Crippen molar-refractivity contribution >= 4 is 0 Å². The highest BCUT2D eigenvalue weighted by Gasteiger charge is 2.23. The number of aryl methyl sites for hydroxylation is 1. The van der Waals surface area contributed by atoms with Crippen LogP contribution in [0.2, 0.25) is 0 Å². The molecule has 2 heteroatoms. The molecule has 0 aliphatic heterocycles. The molecule has 0 bridgehead atoms. The monoisotopic (exact) mass is 252 g/mol. The minimum Gasteiger partial charge on any atom is -0.207 e. The molecular formula is C16H22F2. The summed E-state index contributed by atoms with van der Waals surface area (Å²) in [5.74, 6) is 1.38. The number of benzene rings is 1. The fraction of sp³-hybridized carbons (Fsp3) is 0.625. The highest BCUT2D eigenvalue weighted by atomic mass is 19.1. The predicted octanol–water partition coefficient (Wildman–Crippen LogP) is 4.97. The van der Waals surface area contributed by atoms with Gasteiger partial charge in [-0.3, -0.25) is 0 Å². The fourth-order valence-corrected chi connectivity index (χ4v) is 3.48. The molecule has 0 spiro atoms. The largest absolute Gasteiger partial charge is 0.207 e. The van der Waals surface area contributed by atoms with E-state index in [-0.39, 0.29) is 0 Å². The van der Waals surface area contributed by atoms with Crippen molar-refractivity contribution in [1.29, 1.82) is 0 Å². The van der Waals surface area contributed by atoms with E-state index in [2.05, 4.69) is 13.8 Å². The average Bonchev–Trinajstić information content (AvgIpc) is 2.23. The first-order valence-electron chi connectivity index (χ1n) is 6.98. The molecule has 2 rings (SSSR count). The molecule has 18 heavy (non-hydrogen) atoms. The lowest BCUT2D eigenvalue weighted by molar-refractivity contribution is 0.210. The minimum absolute atomic E-state index is 0.463. The molecule has 0 radical (unpaired) electrons. The SMILES string of the molecule is CC1CC(C)CC(CCc2cc(F)cc(F)c2)C1. The number of halogens is 2. The summed E-state index contributed by atoms with van der Waals surface area (Å²) in [5, 5.41) is 0. The first-order chi connectivity index (χ1) is 8.52. The van der Waals surface area contributed by atoms with Crippen molar-refractivity contribution in [3.05, 3.63) is 35.4 Å². The van der Waals surface area contributed by atoms with E-state index in [0.29, 0.717) is 0 Å². The first-order valence-corrected chi connectivity index (χ1v) is 6.98. The van der Waals surface area contributed by atoms with Crippen LogP contribution in [0.3, 0.4) is 0 Å². The Morgan fingerprint density at radius 3 is 2.06 bits per heavy atom. The summed E-state index contributed by atoms with van der Waals surface area (Å²) >= 11 is 0. The molecule has 0 heterocycles. The summed E-state index contributed by atoms with van der Waals surface area (Å²) in [5.41, 5.74) is 0.790. The average molecular weight is 252 g/mol. The molecule has 1 aromatic rings. The van der Waals surface area contributed by atoms with Gasteiger partial charge in [0.1, 0.15) is 11.6 Å². The standard InChI is InChI=1S/C16H22F2/c1-11-5-12(2)7-13(6-11)3-4-14-8-15(17)10-16(18)9-14/h8-13H,3-7H2,1-2H3. The van der Waals surface area contributed by atoms with Gasteiger partial charge in [0.25, 0.3) is 0 Å². The minimum atomic E-state index is -0.463. The summed E-state index contributed by atoms with van der Waals surface area (Å²) < 4.78 is 26.2. The summed E-state index contributed by atoms with van der Waals surface area (Å²) in [6.07, 6.45) is 5.70. The molecule has 1 aliphatic carbocycles. The van der Waals surface area contributed by atoms with E-state index in [1.54, 1.807) is 0 Å². The van der Waals surface area contributed by atoms with Crippen LogP contribution in [0.15, 0.2) is 18.2 Å². The Balaban J connectivity index is 1.90. The number of hydrogen-bond acceptors (Lipinski definition) is 0. The van der Waals surface area contributed by atoms with Crippen LogP contribution in [0.1, 0.15) is 45.1 Å². The smallest absolute Gasteiger partial charge is 0.126 e. The Bertz CT molecular complexity index is 370. The Morgan fingerprint density at radius 2 is 1.50 bits per heavy atom. The van der Waals surface area contributed by atoms with E-state index in [0.717, 1.165) is 42.2 Å². The maximum atomic E-state index is 13.1. The Morgan fingerprint density at radius 1 is 0.944 bits per heavy atom. The van der Waals surface area contributed by atoms with Crippen molar-refractivity contribution in [2.24, 2.45) is 17.8 Å². The molecule has 100 valence electrons. The van der Waals surface area contributed by atoms with E-state index >= 15 is 0 Å². The molecule has 2 unspecified atom stereocenters. The van der Waals surface area contributed by atoms with Gasteiger partial charge >= 0.3 is 0 Å². The molecule has 1 saturated carbocycles. The number of hydrogen-bond donors (Lipinski definition) is 0. The lowest BCUT2D eigenvalue weighted by atomic mass is 9.75. The van der Waals surface area contributed by atoms with Crippen LogP contribution >= 0.6 is 0 Å². The van der Waals surface area contributed by atoms with Crippen molar-refractivity contribution in [1.82, 2.24) is 0 Å². The van der Waals surface area contributed by atoms with Gasteiger partial charge in [-0.1, -0.05) is 13.8 Å². The maximum absolute atomic E-state index is 13.1. The molecule has 0 aromatic heterocycles. The molecular weight excluding hydrogens is 230 g/mol. The van der Waals surface area contributed by atoms with E-state index in [1.807, 2.05) is 0 Å². The van der Waals surface area contributed by atoms with Gasteiger partial charge in [0.2, 0.25) is 0 Å². The van der Waals surface area contributed by atoms with Crippen molar-refractivity contribution in [2.75, 3.05) is 0 Å². The van der Waals surface area contributed by atoms with Crippen LogP contribution in [-0.4, -0.2) is 0 Å². The van der Waals surface area contributed by atoms with Gasteiger partial charge < -0.3 is 0 Å². The van der Waals surface area contributed by atoms with Crippen LogP contribution in [0.4, 0.5) is 8.78 Å². The van der Waals surface area contributed by atoms with Crippen molar-refractivity contribution < 1.29 is 8.78 Å². The van der Waals surface area contributed by atoms with Gasteiger partial charge in [-0.25, -0.2) is 8.78 Å². The molecule has 1 aliphatic rings. The summed E-state index contributed by atoms with van der Waals surface area (Å²) in [6.45, 7) is 4.62. The Hall–Kier alpha value is -0.920. The third-order valence-electron chi connectivity index (χ3n) is 4.04. The van der Waals surface area contributed by atoms with Crippen LogP contribution in [-0.2, 0) is 6.42 Å². The molecule has 0 N–H and O–H groups in total. The fourth-order valence-electron chi connectivity index (χ4n) is 3.48. The zero-order chi connectivity index (χ0) is 13.1. The summed E-state index contributed by atoms with van der Waals surface area (Å²) in [6, 6.07) is 3.85. The van der Waals surface area contributed by atoms with Crippen LogP contribution in [0, 0.1) is 29.4 Å². The normalized spacial score (nSPS) is 28.3. The quantitative estimate of drug-likeness (QED) is 0.712. The number of rotatable bonds is 3. The molecule has 0 nitrogen and oxygen atoms in total. The van der Waals surface area contributed by atoms with E-state index in [1.165, 1.54) is 31.4 Å². The third kappa shape index (κ3) is 3.79. The second-order valence-corrected chi connectivity index (χ2v) is 6.10. The highest BCUT2D eigenvalue weighted by Crippen LogP contribution is 2.35. The zero-order valence-corrected chi connectivity index (χ0v) is 11.3. The summed E-state index contributed by atoms with van der Waals surface area (Å²) in [7, 11) is 0. The lowest BCUT2D eigenvalue weighted by Gasteiger charge is -2.31. The Kier molecular flexibility index (Phi) is 4.36. The van der Waals surface area contributed by atoms with Crippen LogP contribution < -0.4 is 0 Å². The van der Waals surface area contributed by atoms with Gasteiger partial charge in [0.15, 0.2) is 0 Å². The zero-order valence-electron chi connectivity index (χ0n) is 11.3. The van der Waals surface area contributed by atoms with Crippen LogP contribution in [0.5, 0.6) is 0 Å². The molecule has 1 aromatic carbocycles. The molecule has 1 fully saturated rings. The van der Waals surface area contributed by atoms with Crippen LogP contribution in [0.25, 0.3) is 0 Å². The van der Waals surface area contributed by atoms with Gasteiger partial charge in [-0.15, -0.1) is 0 Å². The third-order valence-corrected chi connectivity index (χ3v) is 4.04. The lowest BCUT2D eigenvalue weighted by Crippen LogP contribution is -2.20. The van der Waals surface area contributed by atoms with Crippen molar-refractivity contribution in [3.63, 3.8) is 0 Å². The highest BCUT2D eigenvalue weighted by molar-refractivity contribution is 5.18. The second kappa shape index (κ2) is 5.81. The Labute approximate surface area is 108 Å². The first kappa shape index (κ1) is 13.5. The topological polar surface area (TPSA) is 0 Å². The molecule has 2 atom stereocenters. The molecule has 0 amide bonds. The summed E-state index contributed by atoms with van der Waals surface area (Å²) in [4.78, 5) is 0. The van der Waals surface area contributed by atoms with Gasteiger partial charge in [-0.05, 0) is 67.6 Å². The predicted molar refractivity (Wildman–Crippen MR) is 70.3 cm³/mol. The van der Waals surface area contributed by atoms with Gasteiger partial charge in [0.05, 0.1) is 0 Å².